The highest BCUT2D eigenvalue weighted by Crippen LogP contribution is 2.39. The molecule has 21 heavy (non-hydrogen) atoms. The van der Waals surface area contributed by atoms with Gasteiger partial charge >= 0.3 is 0 Å². The summed E-state index contributed by atoms with van der Waals surface area (Å²) in [6.07, 6.45) is 5.73. The molecule has 0 saturated heterocycles. The largest absolute Gasteiger partial charge is 0.488 e. The van der Waals surface area contributed by atoms with E-state index in [9.17, 15) is 4.79 Å². The Hall–Kier alpha value is -1.51. The lowest BCUT2D eigenvalue weighted by Gasteiger charge is -2.37. The van der Waals surface area contributed by atoms with Gasteiger partial charge in [-0.15, -0.1) is 0 Å². The molecule has 0 spiro atoms. The van der Waals surface area contributed by atoms with Gasteiger partial charge in [0.1, 0.15) is 5.75 Å². The molecule has 0 heterocycles. The van der Waals surface area contributed by atoms with Gasteiger partial charge < -0.3 is 9.64 Å². The molecule has 1 aliphatic carbocycles. The van der Waals surface area contributed by atoms with Crippen LogP contribution in [-0.2, 0) is 4.79 Å². The second kappa shape index (κ2) is 6.50. The number of benzene rings is 1. The van der Waals surface area contributed by atoms with Crippen LogP contribution in [0.15, 0.2) is 24.3 Å². The third-order valence-electron chi connectivity index (χ3n) is 4.60. The Morgan fingerprint density at radius 1 is 1.14 bits per heavy atom. The van der Waals surface area contributed by atoms with Gasteiger partial charge in [-0.25, -0.2) is 0 Å². The molecule has 3 heteroatoms. The van der Waals surface area contributed by atoms with Gasteiger partial charge in [0.2, 0.25) is 6.41 Å². The van der Waals surface area contributed by atoms with Crippen molar-refractivity contribution < 1.29 is 9.53 Å². The summed E-state index contributed by atoms with van der Waals surface area (Å²) >= 11 is 0. The Morgan fingerprint density at radius 3 is 2.33 bits per heavy atom. The number of carbonyl (C=O) groups excluding carboxylic acids is 1. The normalized spacial score (nSPS) is 22.7. The van der Waals surface area contributed by atoms with Gasteiger partial charge in [0.05, 0.1) is 11.8 Å². The van der Waals surface area contributed by atoms with E-state index in [1.165, 1.54) is 12.8 Å². The van der Waals surface area contributed by atoms with Crippen molar-refractivity contribution >= 4 is 12.1 Å². The molecule has 1 aromatic carbocycles. The van der Waals surface area contributed by atoms with Crippen LogP contribution in [-0.4, -0.2) is 19.6 Å². The molecule has 0 aromatic heterocycles. The molecular weight excluding hydrogens is 262 g/mol. The lowest BCUT2D eigenvalue weighted by molar-refractivity contribution is -0.107. The van der Waals surface area contributed by atoms with Crippen LogP contribution in [0.4, 0.5) is 5.69 Å². The molecule has 0 N–H and O–H groups in total. The van der Waals surface area contributed by atoms with E-state index in [0.29, 0.717) is 5.41 Å². The molecule has 1 saturated carbocycles. The van der Waals surface area contributed by atoms with Crippen LogP contribution >= 0.6 is 0 Å². The van der Waals surface area contributed by atoms with E-state index in [1.807, 2.05) is 24.3 Å². The van der Waals surface area contributed by atoms with Crippen molar-refractivity contribution in [1.82, 2.24) is 0 Å². The number of rotatable bonds is 4. The maximum Gasteiger partial charge on any atom is 0.213 e. The van der Waals surface area contributed by atoms with Gasteiger partial charge in [-0.05, 0) is 49.1 Å². The quantitative estimate of drug-likeness (QED) is 0.775. The van der Waals surface area contributed by atoms with Crippen LogP contribution in [0.5, 0.6) is 5.75 Å². The van der Waals surface area contributed by atoms with Crippen LogP contribution in [0.3, 0.4) is 0 Å². The van der Waals surface area contributed by atoms with E-state index >= 15 is 0 Å². The maximum atomic E-state index is 11.0. The molecule has 0 bridgehead atoms. The highest BCUT2D eigenvalue weighted by atomic mass is 16.5. The fourth-order valence-electron chi connectivity index (χ4n) is 3.13. The molecular formula is C18H27NO2. The molecule has 0 radical (unpaired) electrons. The van der Waals surface area contributed by atoms with Gasteiger partial charge in [0.15, 0.2) is 0 Å². The Balaban J connectivity index is 2.00. The number of hydrogen-bond donors (Lipinski definition) is 0. The molecule has 1 amide bonds. The summed E-state index contributed by atoms with van der Waals surface area (Å²) in [6.45, 7) is 6.98. The second-order valence-electron chi connectivity index (χ2n) is 7.14. The van der Waals surface area contributed by atoms with Crippen molar-refractivity contribution in [3.05, 3.63) is 24.3 Å². The summed E-state index contributed by atoms with van der Waals surface area (Å²) in [7, 11) is 1.76. The minimum absolute atomic E-state index is 0.268. The van der Waals surface area contributed by atoms with E-state index < -0.39 is 0 Å². The standard InChI is InChI=1S/C18H27NO2/c1-18(2,3)14-9-11-15(12-10-14)21-17-8-6-5-7-16(17)19(4)13-20/h5-8,13-15H,9-12H2,1-4H3. The zero-order valence-electron chi connectivity index (χ0n) is 13.6. The van der Waals surface area contributed by atoms with Gasteiger partial charge in [-0.2, -0.15) is 0 Å². The summed E-state index contributed by atoms with van der Waals surface area (Å²) in [6, 6.07) is 7.76. The van der Waals surface area contributed by atoms with Gasteiger partial charge in [-0.3, -0.25) is 4.79 Å². The van der Waals surface area contributed by atoms with Gasteiger partial charge in [0.25, 0.3) is 0 Å². The number of amides is 1. The summed E-state index contributed by atoms with van der Waals surface area (Å²) in [5.41, 5.74) is 1.23. The molecule has 1 aromatic rings. The Bertz CT molecular complexity index is 470. The highest BCUT2D eigenvalue weighted by Gasteiger charge is 2.30. The SMILES string of the molecule is CN(C=O)c1ccccc1OC1CCC(C(C)(C)C)CC1. The average molecular weight is 289 g/mol. The number of ether oxygens (including phenoxy) is 1. The Morgan fingerprint density at radius 2 is 1.76 bits per heavy atom. The van der Waals surface area contributed by atoms with Crippen LogP contribution < -0.4 is 9.64 Å². The molecule has 3 nitrogen and oxygen atoms in total. The summed E-state index contributed by atoms with van der Waals surface area (Å²) < 4.78 is 6.17. The molecule has 1 aliphatic rings. The number of anilines is 1. The molecule has 0 aliphatic heterocycles. The summed E-state index contributed by atoms with van der Waals surface area (Å²) in [5, 5.41) is 0. The van der Waals surface area contributed by atoms with Crippen LogP contribution in [0.1, 0.15) is 46.5 Å². The van der Waals surface area contributed by atoms with Gasteiger partial charge in [0, 0.05) is 7.05 Å². The number of para-hydroxylation sites is 2. The molecule has 1 fully saturated rings. The maximum absolute atomic E-state index is 11.0. The highest BCUT2D eigenvalue weighted by molar-refractivity contribution is 5.77. The van der Waals surface area contributed by atoms with Crippen LogP contribution in [0.2, 0.25) is 0 Å². The van der Waals surface area contributed by atoms with Gasteiger partial charge in [-0.1, -0.05) is 32.9 Å². The van der Waals surface area contributed by atoms with Crippen molar-refractivity contribution in [2.45, 2.75) is 52.6 Å². The lowest BCUT2D eigenvalue weighted by Crippen LogP contribution is -2.30. The average Bonchev–Trinajstić information content (AvgIpc) is 2.46. The van der Waals surface area contributed by atoms with E-state index in [2.05, 4.69) is 20.8 Å². The van der Waals surface area contributed by atoms with Crippen molar-refractivity contribution in [1.29, 1.82) is 0 Å². The Labute approximate surface area is 128 Å². The van der Waals surface area contributed by atoms with E-state index in [1.54, 1.807) is 11.9 Å². The number of carbonyl (C=O) groups is 1. The fraction of sp³-hybridized carbons (Fsp3) is 0.611. The fourth-order valence-corrected chi connectivity index (χ4v) is 3.13. The first-order valence-corrected chi connectivity index (χ1v) is 7.85. The molecule has 0 atom stereocenters. The minimum Gasteiger partial charge on any atom is -0.488 e. The number of nitrogens with zero attached hydrogens (tertiary/aromatic N) is 1. The zero-order chi connectivity index (χ0) is 15.5. The van der Waals surface area contributed by atoms with E-state index in [0.717, 1.165) is 36.6 Å². The first kappa shape index (κ1) is 15.9. The van der Waals surface area contributed by atoms with Crippen molar-refractivity contribution in [2.24, 2.45) is 11.3 Å². The lowest BCUT2D eigenvalue weighted by atomic mass is 9.72. The van der Waals surface area contributed by atoms with Crippen molar-refractivity contribution in [3.8, 4) is 5.75 Å². The van der Waals surface area contributed by atoms with Crippen LogP contribution in [0.25, 0.3) is 0 Å². The summed E-state index contributed by atoms with van der Waals surface area (Å²) in [4.78, 5) is 12.5. The minimum atomic E-state index is 0.268. The van der Waals surface area contributed by atoms with Crippen LogP contribution in [0, 0.1) is 11.3 Å². The zero-order valence-corrected chi connectivity index (χ0v) is 13.6. The van der Waals surface area contributed by atoms with E-state index in [-0.39, 0.29) is 6.10 Å². The molecule has 2 rings (SSSR count). The first-order valence-electron chi connectivity index (χ1n) is 7.85. The van der Waals surface area contributed by atoms with Crippen molar-refractivity contribution in [2.75, 3.05) is 11.9 Å². The van der Waals surface area contributed by atoms with E-state index in [4.69, 9.17) is 4.74 Å². The summed E-state index contributed by atoms with van der Waals surface area (Å²) in [5.74, 6) is 1.59. The third-order valence-corrected chi connectivity index (χ3v) is 4.60. The monoisotopic (exact) mass is 289 g/mol. The Kier molecular flexibility index (Phi) is 4.92. The molecule has 0 unspecified atom stereocenters. The second-order valence-corrected chi connectivity index (χ2v) is 7.14. The smallest absolute Gasteiger partial charge is 0.213 e. The predicted octanol–water partition coefficient (Wildman–Crippen LogP) is 4.26. The number of hydrogen-bond acceptors (Lipinski definition) is 2. The third kappa shape index (κ3) is 3.99. The van der Waals surface area contributed by atoms with Crippen molar-refractivity contribution in [3.63, 3.8) is 0 Å². The predicted molar refractivity (Wildman–Crippen MR) is 86.7 cm³/mol. The molecule has 116 valence electrons. The topological polar surface area (TPSA) is 29.5 Å². The first-order chi connectivity index (χ1) is 9.91.